The molecule has 0 aliphatic carbocycles. The maximum absolute atomic E-state index is 12.0. The largest absolute Gasteiger partial charge is 0.392 e. The van der Waals surface area contributed by atoms with Crippen molar-refractivity contribution in [2.24, 2.45) is 5.73 Å². The van der Waals surface area contributed by atoms with E-state index >= 15 is 0 Å². The standard InChI is InChI=1S/C12H15F3N2/c1-9(5-6-12(13,14)15)17-11-4-2-3-10(7-11)8-16/h2-5,7,17H,6,8,16H2,1H3/b9-5-. The topological polar surface area (TPSA) is 38.0 Å². The van der Waals surface area contributed by atoms with Crippen molar-refractivity contribution in [1.82, 2.24) is 0 Å². The van der Waals surface area contributed by atoms with E-state index in [4.69, 9.17) is 5.73 Å². The molecule has 0 radical (unpaired) electrons. The highest BCUT2D eigenvalue weighted by atomic mass is 19.4. The molecule has 0 amide bonds. The average Bonchev–Trinajstić information content (AvgIpc) is 2.26. The minimum atomic E-state index is -4.16. The van der Waals surface area contributed by atoms with Gasteiger partial charge in [-0.05, 0) is 24.6 Å². The Kier molecular flexibility index (Phi) is 4.57. The summed E-state index contributed by atoms with van der Waals surface area (Å²) in [5, 5.41) is 2.89. The lowest BCUT2D eigenvalue weighted by atomic mass is 10.2. The Labute approximate surface area is 98.3 Å². The smallest absolute Gasteiger partial charge is 0.359 e. The molecule has 2 nitrogen and oxygen atoms in total. The fourth-order valence-corrected chi connectivity index (χ4v) is 1.32. The van der Waals surface area contributed by atoms with Crippen LogP contribution in [-0.4, -0.2) is 6.18 Å². The van der Waals surface area contributed by atoms with Crippen LogP contribution in [0.15, 0.2) is 36.0 Å². The van der Waals surface area contributed by atoms with Crippen molar-refractivity contribution in [1.29, 1.82) is 0 Å². The zero-order chi connectivity index (χ0) is 12.9. The van der Waals surface area contributed by atoms with Crippen LogP contribution < -0.4 is 11.1 Å². The van der Waals surface area contributed by atoms with Gasteiger partial charge in [0, 0.05) is 17.9 Å². The average molecular weight is 244 g/mol. The molecule has 5 heteroatoms. The lowest BCUT2D eigenvalue weighted by Gasteiger charge is -2.09. The number of nitrogens with two attached hydrogens (primary N) is 1. The van der Waals surface area contributed by atoms with E-state index in [0.29, 0.717) is 12.2 Å². The summed E-state index contributed by atoms with van der Waals surface area (Å²) in [7, 11) is 0. The first kappa shape index (κ1) is 13.6. The molecule has 0 saturated carbocycles. The minimum absolute atomic E-state index is 0.404. The number of allylic oxidation sites excluding steroid dienone is 2. The van der Waals surface area contributed by atoms with Crippen LogP contribution in [0.4, 0.5) is 18.9 Å². The molecule has 94 valence electrons. The molecule has 0 saturated heterocycles. The monoisotopic (exact) mass is 244 g/mol. The quantitative estimate of drug-likeness (QED) is 0.851. The SMILES string of the molecule is C/C(=C/CC(F)(F)F)Nc1cccc(CN)c1. The predicted octanol–water partition coefficient (Wildman–Crippen LogP) is 3.41. The van der Waals surface area contributed by atoms with Gasteiger partial charge in [-0.1, -0.05) is 18.2 Å². The van der Waals surface area contributed by atoms with Crippen LogP contribution >= 0.6 is 0 Å². The zero-order valence-corrected chi connectivity index (χ0v) is 9.51. The number of halogens is 3. The number of nitrogens with one attached hydrogen (secondary N) is 1. The van der Waals surface area contributed by atoms with Crippen molar-refractivity contribution in [3.63, 3.8) is 0 Å². The van der Waals surface area contributed by atoms with Crippen molar-refractivity contribution in [3.8, 4) is 0 Å². The first-order chi connectivity index (χ1) is 7.90. The molecule has 0 spiro atoms. The highest BCUT2D eigenvalue weighted by molar-refractivity contribution is 5.49. The van der Waals surface area contributed by atoms with Crippen LogP contribution in [0.3, 0.4) is 0 Å². The summed E-state index contributed by atoms with van der Waals surface area (Å²) < 4.78 is 36.0. The summed E-state index contributed by atoms with van der Waals surface area (Å²) >= 11 is 0. The highest BCUT2D eigenvalue weighted by Gasteiger charge is 2.24. The van der Waals surface area contributed by atoms with E-state index < -0.39 is 12.6 Å². The third-order valence-electron chi connectivity index (χ3n) is 2.14. The molecule has 0 aliphatic heterocycles. The second-order valence-electron chi connectivity index (χ2n) is 3.74. The summed E-state index contributed by atoms with van der Waals surface area (Å²) in [5.41, 5.74) is 7.61. The van der Waals surface area contributed by atoms with Crippen LogP contribution in [0.1, 0.15) is 18.9 Å². The maximum atomic E-state index is 12.0. The molecule has 1 rings (SSSR count). The van der Waals surface area contributed by atoms with Crippen LogP contribution in [0.25, 0.3) is 0 Å². The van der Waals surface area contributed by atoms with E-state index in [-0.39, 0.29) is 0 Å². The van der Waals surface area contributed by atoms with E-state index in [9.17, 15) is 13.2 Å². The second kappa shape index (κ2) is 5.72. The predicted molar refractivity (Wildman–Crippen MR) is 62.4 cm³/mol. The molecule has 1 aromatic carbocycles. The van der Waals surface area contributed by atoms with Crippen molar-refractivity contribution in [3.05, 3.63) is 41.6 Å². The van der Waals surface area contributed by atoms with Gasteiger partial charge in [0.05, 0.1) is 6.42 Å². The summed E-state index contributed by atoms with van der Waals surface area (Å²) in [6, 6.07) is 7.26. The van der Waals surface area contributed by atoms with Gasteiger partial charge in [0.15, 0.2) is 0 Å². The van der Waals surface area contributed by atoms with Gasteiger partial charge < -0.3 is 11.1 Å². The van der Waals surface area contributed by atoms with E-state index in [0.717, 1.165) is 17.3 Å². The molecule has 0 bridgehead atoms. The van der Waals surface area contributed by atoms with Crippen molar-refractivity contribution >= 4 is 5.69 Å². The lowest BCUT2D eigenvalue weighted by molar-refractivity contribution is -0.125. The van der Waals surface area contributed by atoms with Gasteiger partial charge in [-0.2, -0.15) is 13.2 Å². The van der Waals surface area contributed by atoms with Gasteiger partial charge in [-0.15, -0.1) is 0 Å². The molecule has 1 aromatic rings. The van der Waals surface area contributed by atoms with Crippen molar-refractivity contribution in [2.75, 3.05) is 5.32 Å². The molecular weight excluding hydrogens is 229 g/mol. The number of rotatable bonds is 4. The van der Waals surface area contributed by atoms with Gasteiger partial charge in [0.1, 0.15) is 0 Å². The fraction of sp³-hybridized carbons (Fsp3) is 0.333. The van der Waals surface area contributed by atoms with Crippen LogP contribution in [-0.2, 0) is 6.54 Å². The van der Waals surface area contributed by atoms with Crippen LogP contribution in [0.2, 0.25) is 0 Å². The normalized spacial score (nSPS) is 12.6. The Morgan fingerprint density at radius 3 is 2.71 bits per heavy atom. The van der Waals surface area contributed by atoms with E-state index in [1.54, 1.807) is 13.0 Å². The number of hydrogen-bond donors (Lipinski definition) is 2. The Bertz CT molecular complexity index is 397. The third-order valence-corrected chi connectivity index (χ3v) is 2.14. The first-order valence-electron chi connectivity index (χ1n) is 5.20. The van der Waals surface area contributed by atoms with Gasteiger partial charge in [-0.3, -0.25) is 0 Å². The van der Waals surface area contributed by atoms with Crippen LogP contribution in [0, 0.1) is 0 Å². The fourth-order valence-electron chi connectivity index (χ4n) is 1.32. The zero-order valence-electron chi connectivity index (χ0n) is 9.51. The molecule has 17 heavy (non-hydrogen) atoms. The number of benzene rings is 1. The first-order valence-corrected chi connectivity index (χ1v) is 5.20. The number of alkyl halides is 3. The Balaban J connectivity index is 2.64. The Hall–Kier alpha value is -1.49. The lowest BCUT2D eigenvalue weighted by Crippen LogP contribution is -2.06. The summed E-state index contributed by atoms with van der Waals surface area (Å²) in [4.78, 5) is 0. The van der Waals surface area contributed by atoms with Gasteiger partial charge in [0.2, 0.25) is 0 Å². The molecule has 0 heterocycles. The minimum Gasteiger partial charge on any atom is -0.359 e. The molecule has 0 fully saturated rings. The van der Waals surface area contributed by atoms with Crippen molar-refractivity contribution in [2.45, 2.75) is 26.1 Å². The van der Waals surface area contributed by atoms with Crippen molar-refractivity contribution < 1.29 is 13.2 Å². The molecule has 0 aromatic heterocycles. The third kappa shape index (κ3) is 5.40. The Morgan fingerprint density at radius 1 is 1.41 bits per heavy atom. The van der Waals surface area contributed by atoms with E-state index in [1.807, 2.05) is 18.2 Å². The molecular formula is C12H15F3N2. The molecule has 0 atom stereocenters. The van der Waals surface area contributed by atoms with Gasteiger partial charge in [0.25, 0.3) is 0 Å². The number of anilines is 1. The summed E-state index contributed by atoms with van der Waals surface area (Å²) in [5.74, 6) is 0. The highest BCUT2D eigenvalue weighted by Crippen LogP contribution is 2.21. The van der Waals surface area contributed by atoms with E-state index in [2.05, 4.69) is 5.32 Å². The van der Waals surface area contributed by atoms with E-state index in [1.165, 1.54) is 0 Å². The van der Waals surface area contributed by atoms with Crippen LogP contribution in [0.5, 0.6) is 0 Å². The molecule has 0 aliphatic rings. The molecule has 3 N–H and O–H groups in total. The second-order valence-corrected chi connectivity index (χ2v) is 3.74. The summed E-state index contributed by atoms with van der Waals surface area (Å²) in [6.45, 7) is 2.00. The Morgan fingerprint density at radius 2 is 2.12 bits per heavy atom. The number of hydrogen-bond acceptors (Lipinski definition) is 2. The van der Waals surface area contributed by atoms with Gasteiger partial charge >= 0.3 is 6.18 Å². The van der Waals surface area contributed by atoms with Gasteiger partial charge in [-0.25, -0.2) is 0 Å². The molecule has 0 unspecified atom stereocenters. The summed E-state index contributed by atoms with van der Waals surface area (Å²) in [6.07, 6.45) is -3.97. The maximum Gasteiger partial charge on any atom is 0.392 e.